The van der Waals surface area contributed by atoms with Crippen LogP contribution in [-0.4, -0.2) is 20.9 Å². The predicted octanol–water partition coefficient (Wildman–Crippen LogP) is 1.89. The summed E-state index contributed by atoms with van der Waals surface area (Å²) in [5.41, 5.74) is 7.40. The minimum atomic E-state index is -0.485. The van der Waals surface area contributed by atoms with Gasteiger partial charge in [-0.15, -0.1) is 16.4 Å². The number of rotatable bonds is 4. The minimum Gasteiger partial charge on any atom is -0.366 e. The number of nitrogens with two attached hydrogens (primary N) is 1. The molecule has 0 aliphatic heterocycles. The fourth-order valence-corrected chi connectivity index (χ4v) is 2.81. The van der Waals surface area contributed by atoms with Gasteiger partial charge >= 0.3 is 0 Å². The molecule has 3 rings (SSSR count). The Morgan fingerprint density at radius 2 is 2.09 bits per heavy atom. The van der Waals surface area contributed by atoms with E-state index in [2.05, 4.69) is 16.4 Å². The number of primary amides is 1. The summed E-state index contributed by atoms with van der Waals surface area (Å²) in [7, 11) is 0. The third kappa shape index (κ3) is 2.60. The van der Waals surface area contributed by atoms with E-state index in [0.29, 0.717) is 17.7 Å². The number of amides is 1. The highest BCUT2D eigenvalue weighted by atomic mass is 32.1. The van der Waals surface area contributed by atoms with Gasteiger partial charge in [0.1, 0.15) is 6.07 Å². The van der Waals surface area contributed by atoms with Gasteiger partial charge in [0.2, 0.25) is 5.91 Å². The summed E-state index contributed by atoms with van der Waals surface area (Å²) in [6, 6.07) is 12.7. The molecule has 7 heteroatoms. The molecule has 2 heterocycles. The predicted molar refractivity (Wildman–Crippen MR) is 81.7 cm³/mol. The van der Waals surface area contributed by atoms with Crippen LogP contribution < -0.4 is 5.73 Å². The van der Waals surface area contributed by atoms with Crippen LogP contribution in [0.25, 0.3) is 5.69 Å². The van der Waals surface area contributed by atoms with E-state index < -0.39 is 5.91 Å². The lowest BCUT2D eigenvalue weighted by Gasteiger charge is -2.06. The zero-order valence-electron chi connectivity index (χ0n) is 11.4. The van der Waals surface area contributed by atoms with Crippen LogP contribution in [0.2, 0.25) is 0 Å². The van der Waals surface area contributed by atoms with Gasteiger partial charge in [-0.1, -0.05) is 11.3 Å². The number of hydrogen-bond donors (Lipinski definition) is 1. The molecule has 0 saturated heterocycles. The van der Waals surface area contributed by atoms with Gasteiger partial charge in [-0.05, 0) is 35.7 Å². The third-order valence-corrected chi connectivity index (χ3v) is 4.06. The van der Waals surface area contributed by atoms with Crippen LogP contribution in [0, 0.1) is 11.3 Å². The smallest absolute Gasteiger partial charge is 0.248 e. The minimum absolute atomic E-state index is 0.298. The summed E-state index contributed by atoms with van der Waals surface area (Å²) in [6.45, 7) is 0. The van der Waals surface area contributed by atoms with Crippen LogP contribution in [-0.2, 0) is 6.42 Å². The molecule has 0 aliphatic rings. The number of carbonyl (C=O) groups excluding carboxylic acids is 1. The van der Waals surface area contributed by atoms with Crippen LogP contribution in [0.15, 0.2) is 41.8 Å². The van der Waals surface area contributed by atoms with Crippen LogP contribution in [0.4, 0.5) is 0 Å². The lowest BCUT2D eigenvalue weighted by Crippen LogP contribution is -2.11. The van der Waals surface area contributed by atoms with Crippen molar-refractivity contribution in [3.8, 4) is 11.8 Å². The van der Waals surface area contributed by atoms with Crippen molar-refractivity contribution in [2.24, 2.45) is 5.73 Å². The molecule has 0 radical (unpaired) electrons. The average Bonchev–Trinajstić information content (AvgIpc) is 3.17. The summed E-state index contributed by atoms with van der Waals surface area (Å²) in [5, 5.41) is 19.1. The molecule has 3 aromatic rings. The van der Waals surface area contributed by atoms with Gasteiger partial charge in [-0.3, -0.25) is 4.79 Å². The van der Waals surface area contributed by atoms with Crippen LogP contribution in [0.5, 0.6) is 0 Å². The van der Waals surface area contributed by atoms with E-state index in [0.717, 1.165) is 16.3 Å². The Morgan fingerprint density at radius 3 is 2.68 bits per heavy atom. The Hall–Kier alpha value is -2.98. The zero-order valence-corrected chi connectivity index (χ0v) is 12.2. The van der Waals surface area contributed by atoms with Gasteiger partial charge in [0.15, 0.2) is 5.69 Å². The molecular weight excluding hydrogens is 298 g/mol. The fraction of sp³-hybridized carbons (Fsp3) is 0.0667. The van der Waals surface area contributed by atoms with Crippen LogP contribution >= 0.6 is 11.3 Å². The lowest BCUT2D eigenvalue weighted by atomic mass is 10.2. The number of nitriles is 1. The summed E-state index contributed by atoms with van der Waals surface area (Å²) in [5.74, 6) is -0.485. The first-order valence-corrected chi connectivity index (χ1v) is 7.34. The number of nitrogens with zero attached hydrogens (tertiary/aromatic N) is 4. The second-order valence-corrected chi connectivity index (χ2v) is 5.61. The van der Waals surface area contributed by atoms with E-state index in [1.54, 1.807) is 40.3 Å². The summed E-state index contributed by atoms with van der Waals surface area (Å²) in [6.07, 6.45) is 0.575. The average molecular weight is 309 g/mol. The first-order chi connectivity index (χ1) is 10.7. The Morgan fingerprint density at radius 1 is 1.32 bits per heavy atom. The Labute approximate surface area is 130 Å². The molecular formula is C15H11N5OS. The molecule has 0 aliphatic carbocycles. The SMILES string of the molecule is N#Cc1nnn(-c2ccc(C(N)=O)cc2)c1Cc1cccs1. The van der Waals surface area contributed by atoms with E-state index in [1.165, 1.54) is 0 Å². The maximum Gasteiger partial charge on any atom is 0.248 e. The largest absolute Gasteiger partial charge is 0.366 e. The molecule has 22 heavy (non-hydrogen) atoms. The normalized spacial score (nSPS) is 10.3. The van der Waals surface area contributed by atoms with Crippen molar-refractivity contribution in [3.63, 3.8) is 0 Å². The van der Waals surface area contributed by atoms with Crippen molar-refractivity contribution in [3.05, 3.63) is 63.6 Å². The molecule has 0 fully saturated rings. The van der Waals surface area contributed by atoms with E-state index >= 15 is 0 Å². The monoisotopic (exact) mass is 309 g/mol. The molecule has 6 nitrogen and oxygen atoms in total. The fourth-order valence-electron chi connectivity index (χ4n) is 2.10. The summed E-state index contributed by atoms with van der Waals surface area (Å²) in [4.78, 5) is 12.2. The quantitative estimate of drug-likeness (QED) is 0.795. The molecule has 0 atom stereocenters. The topological polar surface area (TPSA) is 97.6 Å². The van der Waals surface area contributed by atoms with Crippen molar-refractivity contribution in [1.82, 2.24) is 15.0 Å². The van der Waals surface area contributed by atoms with Gasteiger partial charge in [0.25, 0.3) is 0 Å². The standard InChI is InChI=1S/C15H11N5OS/c16-9-13-14(8-12-2-1-7-22-12)20(19-18-13)11-5-3-10(4-6-11)15(17)21/h1-7H,8H2,(H2,17,21). The van der Waals surface area contributed by atoms with Gasteiger partial charge in [0.05, 0.1) is 11.4 Å². The molecule has 108 valence electrons. The Bertz CT molecular complexity index is 843. The molecule has 0 unspecified atom stereocenters. The number of benzene rings is 1. The van der Waals surface area contributed by atoms with Gasteiger partial charge in [-0.2, -0.15) is 5.26 Å². The van der Waals surface area contributed by atoms with Gasteiger partial charge in [-0.25, -0.2) is 4.68 Å². The van der Waals surface area contributed by atoms with Crippen molar-refractivity contribution < 1.29 is 4.79 Å². The second kappa shape index (κ2) is 5.79. The van der Waals surface area contributed by atoms with Gasteiger partial charge < -0.3 is 5.73 Å². The van der Waals surface area contributed by atoms with Crippen molar-refractivity contribution in [2.75, 3.05) is 0 Å². The van der Waals surface area contributed by atoms with Crippen LogP contribution in [0.1, 0.15) is 26.6 Å². The number of carbonyl (C=O) groups is 1. The van der Waals surface area contributed by atoms with Crippen molar-refractivity contribution >= 4 is 17.2 Å². The number of aromatic nitrogens is 3. The summed E-state index contributed by atoms with van der Waals surface area (Å²) >= 11 is 1.61. The lowest BCUT2D eigenvalue weighted by molar-refractivity contribution is 0.100. The Kier molecular flexibility index (Phi) is 3.68. The number of thiophene rings is 1. The molecule has 0 spiro atoms. The molecule has 0 saturated carbocycles. The van der Waals surface area contributed by atoms with Crippen molar-refractivity contribution in [1.29, 1.82) is 5.26 Å². The van der Waals surface area contributed by atoms with E-state index in [4.69, 9.17) is 5.73 Å². The van der Waals surface area contributed by atoms with Crippen molar-refractivity contribution in [2.45, 2.75) is 6.42 Å². The molecule has 1 amide bonds. The van der Waals surface area contributed by atoms with E-state index in [9.17, 15) is 10.1 Å². The maximum atomic E-state index is 11.1. The molecule has 2 aromatic heterocycles. The molecule has 0 bridgehead atoms. The maximum absolute atomic E-state index is 11.1. The molecule has 1 aromatic carbocycles. The summed E-state index contributed by atoms with van der Waals surface area (Å²) < 4.78 is 1.61. The highest BCUT2D eigenvalue weighted by Gasteiger charge is 2.15. The first kappa shape index (κ1) is 14.0. The molecule has 2 N–H and O–H groups in total. The highest BCUT2D eigenvalue weighted by molar-refractivity contribution is 7.09. The zero-order chi connectivity index (χ0) is 15.5. The second-order valence-electron chi connectivity index (χ2n) is 4.58. The van der Waals surface area contributed by atoms with E-state index in [-0.39, 0.29) is 0 Å². The first-order valence-electron chi connectivity index (χ1n) is 6.46. The van der Waals surface area contributed by atoms with E-state index in [1.807, 2.05) is 17.5 Å². The highest BCUT2D eigenvalue weighted by Crippen LogP contribution is 2.19. The third-order valence-electron chi connectivity index (χ3n) is 3.19. The van der Waals surface area contributed by atoms with Crippen LogP contribution in [0.3, 0.4) is 0 Å². The van der Waals surface area contributed by atoms with Gasteiger partial charge in [0, 0.05) is 16.9 Å². The number of hydrogen-bond acceptors (Lipinski definition) is 5. The Balaban J connectivity index is 2.02.